The van der Waals surface area contributed by atoms with Crippen molar-refractivity contribution in [1.82, 2.24) is 0 Å². The van der Waals surface area contributed by atoms with Gasteiger partial charge in [0.1, 0.15) is 5.75 Å². The van der Waals surface area contributed by atoms with Gasteiger partial charge in [-0.3, -0.25) is 4.79 Å². The Morgan fingerprint density at radius 2 is 1.63 bits per heavy atom. The van der Waals surface area contributed by atoms with E-state index in [1.54, 1.807) is 36.3 Å². The second-order valence-electron chi connectivity index (χ2n) is 6.78. The largest absolute Gasteiger partial charge is 0.496 e. The first-order valence-corrected chi connectivity index (χ1v) is 9.97. The van der Waals surface area contributed by atoms with Crippen LogP contribution in [0.15, 0.2) is 77.7 Å². The molecule has 1 N–H and O–H groups in total. The van der Waals surface area contributed by atoms with Gasteiger partial charge in [-0.05, 0) is 42.3 Å². The predicted molar refractivity (Wildman–Crippen MR) is 120 cm³/mol. The summed E-state index contributed by atoms with van der Waals surface area (Å²) in [6.07, 6.45) is 0.791. The zero-order chi connectivity index (χ0) is 21.5. The van der Waals surface area contributed by atoms with Crippen LogP contribution in [0.2, 0.25) is 0 Å². The van der Waals surface area contributed by atoms with Crippen molar-refractivity contribution >= 4 is 30.2 Å². The number of anilines is 1. The summed E-state index contributed by atoms with van der Waals surface area (Å²) in [7, 11) is 1.61. The Morgan fingerprint density at radius 1 is 0.967 bits per heavy atom. The molecule has 30 heavy (non-hydrogen) atoms. The van der Waals surface area contributed by atoms with E-state index in [9.17, 15) is 9.59 Å². The number of nitrogens with zero attached hydrogens (tertiary/aromatic N) is 1. The molecule has 0 aliphatic carbocycles. The maximum atomic E-state index is 13.2. The summed E-state index contributed by atoms with van der Waals surface area (Å²) in [5.41, 5.74) is 2.77. The number of thiol groups is 1. The van der Waals surface area contributed by atoms with Crippen molar-refractivity contribution in [3.05, 3.63) is 89.5 Å². The van der Waals surface area contributed by atoms with E-state index >= 15 is 0 Å². The number of para-hydroxylation sites is 2. The van der Waals surface area contributed by atoms with Crippen molar-refractivity contribution < 1.29 is 19.4 Å². The lowest BCUT2D eigenvalue weighted by molar-refractivity contribution is -0.118. The van der Waals surface area contributed by atoms with Crippen molar-refractivity contribution in [2.45, 2.75) is 24.3 Å². The number of ether oxygens (including phenoxy) is 1. The van der Waals surface area contributed by atoms with Gasteiger partial charge < -0.3 is 14.7 Å². The molecule has 0 unspecified atom stereocenters. The third-order valence-corrected chi connectivity index (χ3v) is 5.20. The SMILES string of the molecule is COc1ccccc1CN(C(=O)CCc1ccc(C(=O)O)cc1)c1ccccc1S. The van der Waals surface area contributed by atoms with E-state index < -0.39 is 5.97 Å². The number of benzene rings is 3. The molecule has 0 saturated heterocycles. The van der Waals surface area contributed by atoms with Crippen LogP contribution in [0.25, 0.3) is 0 Å². The molecule has 0 bridgehead atoms. The Morgan fingerprint density at radius 3 is 2.30 bits per heavy atom. The topological polar surface area (TPSA) is 66.8 Å². The van der Waals surface area contributed by atoms with Gasteiger partial charge in [-0.2, -0.15) is 0 Å². The van der Waals surface area contributed by atoms with Gasteiger partial charge in [0.05, 0.1) is 24.9 Å². The first-order valence-electron chi connectivity index (χ1n) is 9.52. The van der Waals surface area contributed by atoms with Gasteiger partial charge in [0, 0.05) is 16.9 Å². The average Bonchev–Trinajstić information content (AvgIpc) is 2.77. The van der Waals surface area contributed by atoms with Crippen LogP contribution >= 0.6 is 12.6 Å². The highest BCUT2D eigenvalue weighted by Gasteiger charge is 2.19. The normalized spacial score (nSPS) is 10.5. The molecule has 0 aromatic heterocycles. The van der Waals surface area contributed by atoms with E-state index in [1.165, 1.54) is 0 Å². The molecule has 3 aromatic rings. The van der Waals surface area contributed by atoms with Crippen molar-refractivity contribution in [3.63, 3.8) is 0 Å². The highest BCUT2D eigenvalue weighted by atomic mass is 32.1. The highest BCUT2D eigenvalue weighted by Crippen LogP contribution is 2.28. The van der Waals surface area contributed by atoms with Crippen molar-refractivity contribution in [2.75, 3.05) is 12.0 Å². The molecular formula is C24H23NO4S. The molecule has 0 aliphatic heterocycles. The fourth-order valence-corrected chi connectivity index (χ4v) is 3.49. The molecule has 1 amide bonds. The molecule has 0 aliphatic rings. The maximum Gasteiger partial charge on any atom is 0.335 e. The fourth-order valence-electron chi connectivity index (χ4n) is 3.20. The third kappa shape index (κ3) is 5.21. The second-order valence-corrected chi connectivity index (χ2v) is 7.26. The van der Waals surface area contributed by atoms with Crippen LogP contribution in [0, 0.1) is 0 Å². The highest BCUT2D eigenvalue weighted by molar-refractivity contribution is 7.80. The Balaban J connectivity index is 1.81. The number of carboxylic acids is 1. The molecule has 3 aromatic carbocycles. The zero-order valence-electron chi connectivity index (χ0n) is 16.6. The number of hydrogen-bond donors (Lipinski definition) is 2. The van der Waals surface area contributed by atoms with Crippen molar-refractivity contribution in [2.24, 2.45) is 0 Å². The molecule has 0 radical (unpaired) electrons. The number of hydrogen-bond acceptors (Lipinski definition) is 4. The monoisotopic (exact) mass is 421 g/mol. The van der Waals surface area contributed by atoms with Crippen LogP contribution in [0.5, 0.6) is 5.75 Å². The smallest absolute Gasteiger partial charge is 0.335 e. The van der Waals surface area contributed by atoms with Gasteiger partial charge in [-0.25, -0.2) is 4.79 Å². The van der Waals surface area contributed by atoms with Gasteiger partial charge in [-0.1, -0.05) is 42.5 Å². The summed E-state index contributed by atoms with van der Waals surface area (Å²) < 4.78 is 5.45. The first kappa shape index (κ1) is 21.5. The first-order chi connectivity index (χ1) is 14.5. The second kappa shape index (κ2) is 9.98. The molecule has 0 saturated carbocycles. The number of amides is 1. The number of aromatic carboxylic acids is 1. The lowest BCUT2D eigenvalue weighted by Gasteiger charge is -2.25. The molecule has 0 spiro atoms. The quantitative estimate of drug-likeness (QED) is 0.511. The van der Waals surface area contributed by atoms with Crippen LogP contribution < -0.4 is 9.64 Å². The zero-order valence-corrected chi connectivity index (χ0v) is 17.5. The molecule has 5 nitrogen and oxygen atoms in total. The van der Waals surface area contributed by atoms with E-state index in [0.29, 0.717) is 17.9 Å². The molecule has 0 heterocycles. The Kier molecular flexibility index (Phi) is 7.14. The molecule has 3 rings (SSSR count). The fraction of sp³-hybridized carbons (Fsp3) is 0.167. The van der Waals surface area contributed by atoms with E-state index in [1.807, 2.05) is 48.5 Å². The minimum absolute atomic E-state index is 0.0512. The minimum atomic E-state index is -0.967. The van der Waals surface area contributed by atoms with Gasteiger partial charge in [0.2, 0.25) is 5.91 Å². The van der Waals surface area contributed by atoms with Crippen molar-refractivity contribution in [1.29, 1.82) is 0 Å². The Hall–Kier alpha value is -3.25. The van der Waals surface area contributed by atoms with E-state index in [-0.39, 0.29) is 17.9 Å². The standard InChI is InChI=1S/C24H23NO4S/c1-29-21-8-4-2-6-19(21)16-25(20-7-3-5-9-22(20)30)23(26)15-12-17-10-13-18(14-11-17)24(27)28/h2-11,13-14,30H,12,15-16H2,1H3,(H,27,28). The summed E-state index contributed by atoms with van der Waals surface area (Å²) in [5.74, 6) is -0.299. The van der Waals surface area contributed by atoms with Crippen LogP contribution in [-0.4, -0.2) is 24.1 Å². The molecule has 6 heteroatoms. The lowest BCUT2D eigenvalue weighted by atomic mass is 10.1. The minimum Gasteiger partial charge on any atom is -0.496 e. The van der Waals surface area contributed by atoms with E-state index in [4.69, 9.17) is 9.84 Å². The van der Waals surface area contributed by atoms with Gasteiger partial charge >= 0.3 is 5.97 Å². The summed E-state index contributed by atoms with van der Waals surface area (Å²) in [5, 5.41) is 9.02. The van der Waals surface area contributed by atoms with Gasteiger partial charge in [0.25, 0.3) is 0 Å². The average molecular weight is 422 g/mol. The number of rotatable bonds is 8. The number of carboxylic acid groups (broad SMARTS) is 1. The Labute approximate surface area is 181 Å². The molecule has 0 atom stereocenters. The number of methoxy groups -OCH3 is 1. The van der Waals surface area contributed by atoms with Gasteiger partial charge in [0.15, 0.2) is 0 Å². The Bertz CT molecular complexity index is 1030. The van der Waals surface area contributed by atoms with Crippen LogP contribution in [0.4, 0.5) is 5.69 Å². The predicted octanol–water partition coefficient (Wildman–Crippen LogP) is 4.85. The summed E-state index contributed by atoms with van der Waals surface area (Å²) >= 11 is 4.53. The summed E-state index contributed by atoms with van der Waals surface area (Å²) in [6, 6.07) is 21.7. The summed E-state index contributed by atoms with van der Waals surface area (Å²) in [6.45, 7) is 0.359. The third-order valence-electron chi connectivity index (χ3n) is 4.82. The number of carbonyl (C=O) groups excluding carboxylic acids is 1. The molecular weight excluding hydrogens is 398 g/mol. The van der Waals surface area contributed by atoms with Crippen LogP contribution in [-0.2, 0) is 17.8 Å². The van der Waals surface area contributed by atoms with Gasteiger partial charge in [-0.15, -0.1) is 12.6 Å². The molecule has 0 fully saturated rings. The van der Waals surface area contributed by atoms with Crippen molar-refractivity contribution in [3.8, 4) is 5.75 Å². The summed E-state index contributed by atoms with van der Waals surface area (Å²) in [4.78, 5) is 26.6. The van der Waals surface area contributed by atoms with Crippen LogP contribution in [0.1, 0.15) is 27.9 Å². The van der Waals surface area contributed by atoms with Crippen LogP contribution in [0.3, 0.4) is 0 Å². The number of aryl methyl sites for hydroxylation is 1. The maximum absolute atomic E-state index is 13.2. The van der Waals surface area contributed by atoms with E-state index in [0.717, 1.165) is 22.6 Å². The van der Waals surface area contributed by atoms with E-state index in [2.05, 4.69) is 12.6 Å². The lowest BCUT2D eigenvalue weighted by Crippen LogP contribution is -2.31. The molecule has 154 valence electrons. The number of carbonyl (C=O) groups is 2.